The van der Waals surface area contributed by atoms with Gasteiger partial charge in [0.05, 0.1) is 5.56 Å². The van der Waals surface area contributed by atoms with E-state index in [9.17, 15) is 18.4 Å². The Balaban J connectivity index is 1.50. The van der Waals surface area contributed by atoms with Crippen LogP contribution in [0.15, 0.2) is 36.5 Å². The summed E-state index contributed by atoms with van der Waals surface area (Å²) in [7, 11) is 0. The number of nitrogens with two attached hydrogens (primary N) is 1. The number of rotatable bonds is 7. The number of benzene rings is 1. The SMILES string of the molecule is NC(=O)c1cccnc1N1CCCC(CCC(=O)NCc2ccc(F)c(F)c2)C1. The average molecular weight is 402 g/mol. The molecule has 1 unspecified atom stereocenters. The highest BCUT2D eigenvalue weighted by atomic mass is 19.2. The van der Waals surface area contributed by atoms with E-state index in [0.29, 0.717) is 42.2 Å². The molecule has 0 bridgehead atoms. The van der Waals surface area contributed by atoms with Crippen molar-refractivity contribution in [3.63, 3.8) is 0 Å². The van der Waals surface area contributed by atoms with Crippen LogP contribution in [0.3, 0.4) is 0 Å². The number of piperidine rings is 1. The van der Waals surface area contributed by atoms with E-state index < -0.39 is 17.5 Å². The van der Waals surface area contributed by atoms with Crippen molar-refractivity contribution in [3.05, 3.63) is 59.3 Å². The van der Waals surface area contributed by atoms with Gasteiger partial charge in [-0.2, -0.15) is 0 Å². The molecule has 1 atom stereocenters. The Morgan fingerprint density at radius 3 is 2.83 bits per heavy atom. The first kappa shape index (κ1) is 20.7. The first-order valence-electron chi connectivity index (χ1n) is 9.64. The zero-order valence-corrected chi connectivity index (χ0v) is 16.0. The molecule has 6 nitrogen and oxygen atoms in total. The van der Waals surface area contributed by atoms with Crippen molar-refractivity contribution < 1.29 is 18.4 Å². The lowest BCUT2D eigenvalue weighted by molar-refractivity contribution is -0.121. The fraction of sp³-hybridized carbons (Fsp3) is 0.381. The van der Waals surface area contributed by atoms with E-state index in [-0.39, 0.29) is 12.5 Å². The number of halogens is 2. The van der Waals surface area contributed by atoms with Gasteiger partial charge in [0.2, 0.25) is 5.91 Å². The van der Waals surface area contributed by atoms with Gasteiger partial charge in [-0.05, 0) is 55.0 Å². The highest BCUT2D eigenvalue weighted by Gasteiger charge is 2.24. The molecule has 1 aliphatic heterocycles. The summed E-state index contributed by atoms with van der Waals surface area (Å²) in [6.45, 7) is 1.65. The second-order valence-electron chi connectivity index (χ2n) is 7.26. The number of carbonyl (C=O) groups excluding carboxylic acids is 2. The van der Waals surface area contributed by atoms with Crippen LogP contribution in [0, 0.1) is 17.6 Å². The van der Waals surface area contributed by atoms with Gasteiger partial charge in [-0.1, -0.05) is 6.07 Å². The van der Waals surface area contributed by atoms with E-state index in [4.69, 9.17) is 5.73 Å². The lowest BCUT2D eigenvalue weighted by atomic mass is 9.93. The zero-order valence-electron chi connectivity index (χ0n) is 16.0. The van der Waals surface area contributed by atoms with Crippen LogP contribution in [0.2, 0.25) is 0 Å². The van der Waals surface area contributed by atoms with Crippen LogP contribution in [0.1, 0.15) is 41.6 Å². The number of amides is 2. The summed E-state index contributed by atoms with van der Waals surface area (Å²) in [5.74, 6) is -1.60. The summed E-state index contributed by atoms with van der Waals surface area (Å²) in [6.07, 6.45) is 4.60. The largest absolute Gasteiger partial charge is 0.365 e. The number of primary amides is 1. The number of aromatic nitrogens is 1. The van der Waals surface area contributed by atoms with Gasteiger partial charge in [-0.3, -0.25) is 9.59 Å². The molecular formula is C21H24F2N4O2. The van der Waals surface area contributed by atoms with Gasteiger partial charge in [0, 0.05) is 32.3 Å². The maximum absolute atomic E-state index is 13.2. The van der Waals surface area contributed by atoms with Crippen molar-refractivity contribution in [3.8, 4) is 0 Å². The van der Waals surface area contributed by atoms with E-state index >= 15 is 0 Å². The predicted octanol–water partition coefficient (Wildman–Crippen LogP) is 2.77. The van der Waals surface area contributed by atoms with Crippen molar-refractivity contribution in [2.75, 3.05) is 18.0 Å². The molecule has 154 valence electrons. The molecule has 1 fully saturated rings. The lowest BCUT2D eigenvalue weighted by Gasteiger charge is -2.34. The lowest BCUT2D eigenvalue weighted by Crippen LogP contribution is -2.37. The third kappa shape index (κ3) is 5.49. The molecule has 1 aromatic carbocycles. The van der Waals surface area contributed by atoms with E-state index in [1.165, 1.54) is 6.07 Å². The van der Waals surface area contributed by atoms with E-state index in [0.717, 1.165) is 31.5 Å². The first-order valence-corrected chi connectivity index (χ1v) is 9.64. The Morgan fingerprint density at radius 2 is 2.07 bits per heavy atom. The number of hydrogen-bond donors (Lipinski definition) is 2. The van der Waals surface area contributed by atoms with Gasteiger partial charge in [0.15, 0.2) is 11.6 Å². The van der Waals surface area contributed by atoms with E-state index in [1.807, 2.05) is 4.90 Å². The van der Waals surface area contributed by atoms with E-state index in [2.05, 4.69) is 10.3 Å². The maximum atomic E-state index is 13.2. The van der Waals surface area contributed by atoms with Gasteiger partial charge in [0.25, 0.3) is 5.91 Å². The minimum absolute atomic E-state index is 0.137. The number of hydrogen-bond acceptors (Lipinski definition) is 4. The van der Waals surface area contributed by atoms with E-state index in [1.54, 1.807) is 18.3 Å². The summed E-state index contributed by atoms with van der Waals surface area (Å²) in [5, 5.41) is 2.74. The van der Waals surface area contributed by atoms with Crippen molar-refractivity contribution in [2.24, 2.45) is 11.7 Å². The molecule has 0 radical (unpaired) electrons. The second-order valence-corrected chi connectivity index (χ2v) is 7.26. The number of pyridine rings is 1. The summed E-state index contributed by atoms with van der Waals surface area (Å²) in [4.78, 5) is 30.2. The van der Waals surface area contributed by atoms with Crippen molar-refractivity contribution >= 4 is 17.6 Å². The molecule has 2 amide bonds. The van der Waals surface area contributed by atoms with Gasteiger partial charge in [-0.15, -0.1) is 0 Å². The Hall–Kier alpha value is -3.03. The highest BCUT2D eigenvalue weighted by molar-refractivity contribution is 5.97. The Bertz CT molecular complexity index is 891. The van der Waals surface area contributed by atoms with Crippen LogP contribution in [0.25, 0.3) is 0 Å². The number of nitrogens with one attached hydrogen (secondary N) is 1. The monoisotopic (exact) mass is 402 g/mol. The molecular weight excluding hydrogens is 378 g/mol. The Kier molecular flexibility index (Phi) is 6.74. The highest BCUT2D eigenvalue weighted by Crippen LogP contribution is 2.26. The van der Waals surface area contributed by atoms with Gasteiger partial charge in [0.1, 0.15) is 5.82 Å². The molecule has 1 aliphatic rings. The van der Waals surface area contributed by atoms with Crippen LogP contribution in [-0.2, 0) is 11.3 Å². The van der Waals surface area contributed by atoms with Crippen LogP contribution in [0.4, 0.5) is 14.6 Å². The molecule has 29 heavy (non-hydrogen) atoms. The van der Waals surface area contributed by atoms with Crippen LogP contribution in [-0.4, -0.2) is 29.9 Å². The molecule has 1 saturated heterocycles. The summed E-state index contributed by atoms with van der Waals surface area (Å²) < 4.78 is 26.2. The molecule has 3 N–H and O–H groups in total. The molecule has 0 spiro atoms. The predicted molar refractivity (Wildman–Crippen MR) is 105 cm³/mol. The Morgan fingerprint density at radius 1 is 1.24 bits per heavy atom. The van der Waals surface area contributed by atoms with Crippen LogP contribution < -0.4 is 16.0 Å². The molecule has 1 aromatic heterocycles. The third-order valence-corrected chi connectivity index (χ3v) is 5.12. The number of nitrogens with zero attached hydrogens (tertiary/aromatic N) is 2. The van der Waals surface area contributed by atoms with Gasteiger partial charge < -0.3 is 16.0 Å². The average Bonchev–Trinajstić information content (AvgIpc) is 2.73. The van der Waals surface area contributed by atoms with Gasteiger partial charge >= 0.3 is 0 Å². The second kappa shape index (κ2) is 9.45. The van der Waals surface area contributed by atoms with Crippen LogP contribution in [0.5, 0.6) is 0 Å². The first-order chi connectivity index (χ1) is 13.9. The molecule has 2 aromatic rings. The summed E-state index contributed by atoms with van der Waals surface area (Å²) in [5.41, 5.74) is 6.36. The normalized spacial score (nSPS) is 16.5. The minimum Gasteiger partial charge on any atom is -0.365 e. The quantitative estimate of drug-likeness (QED) is 0.745. The smallest absolute Gasteiger partial charge is 0.252 e. The number of carbonyl (C=O) groups is 2. The minimum atomic E-state index is -0.927. The third-order valence-electron chi connectivity index (χ3n) is 5.12. The maximum Gasteiger partial charge on any atom is 0.252 e. The topological polar surface area (TPSA) is 88.3 Å². The van der Waals surface area contributed by atoms with Crippen molar-refractivity contribution in [1.29, 1.82) is 0 Å². The van der Waals surface area contributed by atoms with Crippen molar-refractivity contribution in [2.45, 2.75) is 32.2 Å². The zero-order chi connectivity index (χ0) is 20.8. The van der Waals surface area contributed by atoms with Crippen molar-refractivity contribution in [1.82, 2.24) is 10.3 Å². The fourth-order valence-corrected chi connectivity index (χ4v) is 3.61. The molecule has 0 aliphatic carbocycles. The molecule has 0 saturated carbocycles. The fourth-order valence-electron chi connectivity index (χ4n) is 3.61. The molecule has 3 rings (SSSR count). The summed E-state index contributed by atoms with van der Waals surface area (Å²) in [6, 6.07) is 6.92. The standard InChI is InChI=1S/C21H24F2N4O2/c22-17-7-5-15(11-18(17)23)12-26-19(28)8-6-14-3-2-10-27(13-14)21-16(20(24)29)4-1-9-25-21/h1,4-5,7,9,11,14H,2-3,6,8,10,12-13H2,(H2,24,29)(H,26,28). The Labute approximate surface area is 168 Å². The summed E-state index contributed by atoms with van der Waals surface area (Å²) >= 11 is 0. The number of anilines is 1. The molecule has 8 heteroatoms. The van der Waals surface area contributed by atoms with Gasteiger partial charge in [-0.25, -0.2) is 13.8 Å². The molecule has 2 heterocycles. The van der Waals surface area contributed by atoms with Crippen LogP contribution >= 0.6 is 0 Å².